The van der Waals surface area contributed by atoms with Crippen LogP contribution >= 0.6 is 11.6 Å². The van der Waals surface area contributed by atoms with Crippen molar-refractivity contribution in [1.82, 2.24) is 0 Å². The van der Waals surface area contributed by atoms with E-state index in [1.165, 1.54) is 7.11 Å². The van der Waals surface area contributed by atoms with Gasteiger partial charge in [-0.15, -0.1) is 0 Å². The maximum Gasteiger partial charge on any atom is 0.337 e. The normalized spacial score (nSPS) is 11.9. The van der Waals surface area contributed by atoms with Crippen molar-refractivity contribution in [2.24, 2.45) is 5.73 Å². The van der Waals surface area contributed by atoms with E-state index in [0.29, 0.717) is 10.6 Å². The van der Waals surface area contributed by atoms with Crippen LogP contribution in [-0.2, 0) is 11.2 Å². The lowest BCUT2D eigenvalue weighted by Gasteiger charge is -2.12. The Labute approximate surface area is 123 Å². The molecule has 2 aromatic rings. The molecule has 0 heterocycles. The number of esters is 1. The average Bonchev–Trinajstić information content (AvgIpc) is 2.49. The molecule has 0 fully saturated rings. The first-order valence-electron chi connectivity index (χ1n) is 6.28. The number of ether oxygens (including phenoxy) is 1. The molecule has 0 aliphatic carbocycles. The highest BCUT2D eigenvalue weighted by Crippen LogP contribution is 2.18. The molecule has 1 atom stereocenters. The smallest absolute Gasteiger partial charge is 0.337 e. The van der Waals surface area contributed by atoms with Crippen LogP contribution in [0.25, 0.3) is 0 Å². The molecule has 0 aliphatic heterocycles. The summed E-state index contributed by atoms with van der Waals surface area (Å²) in [4.78, 5) is 11.4. The molecule has 0 bridgehead atoms. The van der Waals surface area contributed by atoms with E-state index >= 15 is 0 Å². The summed E-state index contributed by atoms with van der Waals surface area (Å²) in [5.41, 5.74) is 8.80. The fourth-order valence-electron chi connectivity index (χ4n) is 1.98. The lowest BCUT2D eigenvalue weighted by atomic mass is 9.99. The van der Waals surface area contributed by atoms with Gasteiger partial charge in [-0.3, -0.25) is 0 Å². The van der Waals surface area contributed by atoms with E-state index in [0.717, 1.165) is 17.5 Å². The van der Waals surface area contributed by atoms with Crippen LogP contribution in [-0.4, -0.2) is 13.1 Å². The van der Waals surface area contributed by atoms with E-state index in [1.54, 1.807) is 12.1 Å². The number of benzene rings is 2. The van der Waals surface area contributed by atoms with Crippen LogP contribution in [0.1, 0.15) is 27.5 Å². The van der Waals surface area contributed by atoms with Gasteiger partial charge in [-0.05, 0) is 41.8 Å². The zero-order valence-corrected chi connectivity index (χ0v) is 11.9. The molecule has 0 aromatic heterocycles. The van der Waals surface area contributed by atoms with Crippen LogP contribution in [0.4, 0.5) is 0 Å². The van der Waals surface area contributed by atoms with Crippen LogP contribution in [0.5, 0.6) is 0 Å². The minimum atomic E-state index is -0.345. The highest BCUT2D eigenvalue weighted by atomic mass is 35.5. The van der Waals surface area contributed by atoms with Gasteiger partial charge >= 0.3 is 5.97 Å². The fraction of sp³-hybridized carbons (Fsp3) is 0.188. The molecular weight excluding hydrogens is 274 g/mol. The monoisotopic (exact) mass is 289 g/mol. The van der Waals surface area contributed by atoms with Gasteiger partial charge in [0.25, 0.3) is 0 Å². The lowest BCUT2D eigenvalue weighted by Crippen LogP contribution is -2.13. The van der Waals surface area contributed by atoms with Crippen molar-refractivity contribution in [3.63, 3.8) is 0 Å². The Morgan fingerprint density at radius 3 is 2.30 bits per heavy atom. The molecule has 3 nitrogen and oxygen atoms in total. The molecule has 4 heteroatoms. The molecule has 1 unspecified atom stereocenters. The Morgan fingerprint density at radius 2 is 1.75 bits per heavy atom. The van der Waals surface area contributed by atoms with Crippen molar-refractivity contribution in [3.05, 3.63) is 70.2 Å². The zero-order valence-electron chi connectivity index (χ0n) is 11.2. The van der Waals surface area contributed by atoms with Crippen LogP contribution in [0, 0.1) is 0 Å². The summed E-state index contributed by atoms with van der Waals surface area (Å²) in [6.07, 6.45) is 0.717. The van der Waals surface area contributed by atoms with Crippen LogP contribution in [0.15, 0.2) is 48.5 Å². The minimum absolute atomic E-state index is 0.122. The molecule has 20 heavy (non-hydrogen) atoms. The van der Waals surface area contributed by atoms with Gasteiger partial charge in [0, 0.05) is 11.1 Å². The van der Waals surface area contributed by atoms with Gasteiger partial charge in [-0.25, -0.2) is 4.79 Å². The van der Waals surface area contributed by atoms with E-state index < -0.39 is 0 Å². The van der Waals surface area contributed by atoms with E-state index in [9.17, 15) is 4.79 Å². The first kappa shape index (κ1) is 14.6. The minimum Gasteiger partial charge on any atom is -0.465 e. The van der Waals surface area contributed by atoms with Gasteiger partial charge in [-0.1, -0.05) is 35.9 Å². The zero-order chi connectivity index (χ0) is 14.5. The summed E-state index contributed by atoms with van der Waals surface area (Å²) in [7, 11) is 1.36. The third-order valence-electron chi connectivity index (χ3n) is 3.13. The molecule has 104 valence electrons. The summed E-state index contributed by atoms with van der Waals surface area (Å²) in [6, 6.07) is 14.7. The second kappa shape index (κ2) is 6.55. The van der Waals surface area contributed by atoms with Crippen LogP contribution in [0.2, 0.25) is 5.02 Å². The molecule has 2 rings (SSSR count). The second-order valence-corrected chi connectivity index (χ2v) is 4.99. The van der Waals surface area contributed by atoms with Gasteiger partial charge in [0.05, 0.1) is 12.7 Å². The molecule has 0 amide bonds. The average molecular weight is 290 g/mol. The van der Waals surface area contributed by atoms with Crippen LogP contribution in [0.3, 0.4) is 0 Å². The van der Waals surface area contributed by atoms with Gasteiger partial charge in [0.2, 0.25) is 0 Å². The number of nitrogens with two attached hydrogens (primary N) is 1. The Balaban J connectivity index is 2.07. The van der Waals surface area contributed by atoms with Crippen molar-refractivity contribution in [2.75, 3.05) is 7.11 Å². The van der Waals surface area contributed by atoms with Crippen LogP contribution < -0.4 is 5.73 Å². The van der Waals surface area contributed by atoms with Crippen molar-refractivity contribution >= 4 is 17.6 Å². The third kappa shape index (κ3) is 3.59. The van der Waals surface area contributed by atoms with E-state index in [4.69, 9.17) is 17.3 Å². The molecule has 0 radical (unpaired) electrons. The molecule has 0 saturated heterocycles. The van der Waals surface area contributed by atoms with E-state index in [-0.39, 0.29) is 12.0 Å². The van der Waals surface area contributed by atoms with Gasteiger partial charge < -0.3 is 10.5 Å². The summed E-state index contributed by atoms with van der Waals surface area (Å²) in [5.74, 6) is -0.345. The number of hydrogen-bond donors (Lipinski definition) is 1. The molecule has 2 N–H and O–H groups in total. The number of rotatable bonds is 4. The van der Waals surface area contributed by atoms with Gasteiger partial charge in [-0.2, -0.15) is 0 Å². The van der Waals surface area contributed by atoms with E-state index in [1.807, 2.05) is 36.4 Å². The molecular formula is C16H16ClNO2. The Hall–Kier alpha value is -1.84. The molecule has 0 saturated carbocycles. The van der Waals surface area contributed by atoms with E-state index in [2.05, 4.69) is 4.74 Å². The number of carbonyl (C=O) groups is 1. The quantitative estimate of drug-likeness (QED) is 0.878. The van der Waals surface area contributed by atoms with Gasteiger partial charge in [0.15, 0.2) is 0 Å². The number of hydrogen-bond acceptors (Lipinski definition) is 3. The first-order chi connectivity index (χ1) is 9.60. The third-order valence-corrected chi connectivity index (χ3v) is 3.38. The largest absolute Gasteiger partial charge is 0.465 e. The molecule has 0 aliphatic rings. The maximum atomic E-state index is 11.4. The highest BCUT2D eigenvalue weighted by molar-refractivity contribution is 6.30. The number of methoxy groups -OCH3 is 1. The maximum absolute atomic E-state index is 11.4. The predicted molar refractivity (Wildman–Crippen MR) is 79.9 cm³/mol. The second-order valence-electron chi connectivity index (χ2n) is 4.55. The van der Waals surface area contributed by atoms with Gasteiger partial charge in [0.1, 0.15) is 0 Å². The summed E-state index contributed by atoms with van der Waals surface area (Å²) >= 11 is 5.85. The number of halogens is 1. The van der Waals surface area contributed by atoms with Crippen molar-refractivity contribution in [3.8, 4) is 0 Å². The Kier molecular flexibility index (Phi) is 4.77. The standard InChI is InChI=1S/C16H16ClNO2/c1-20-16(19)13-6-4-12(5-7-13)15(18)10-11-2-8-14(17)9-3-11/h2-9,15H,10,18H2,1H3. The van der Waals surface area contributed by atoms with Crippen molar-refractivity contribution in [2.45, 2.75) is 12.5 Å². The summed E-state index contributed by atoms with van der Waals surface area (Å²) in [5, 5.41) is 0.713. The van der Waals surface area contributed by atoms with Crippen molar-refractivity contribution in [1.29, 1.82) is 0 Å². The SMILES string of the molecule is COC(=O)c1ccc(C(N)Cc2ccc(Cl)cc2)cc1. The molecule has 2 aromatic carbocycles. The van der Waals surface area contributed by atoms with Crippen molar-refractivity contribution < 1.29 is 9.53 Å². The summed E-state index contributed by atoms with van der Waals surface area (Å²) < 4.78 is 4.66. The first-order valence-corrected chi connectivity index (χ1v) is 6.66. The topological polar surface area (TPSA) is 52.3 Å². The Bertz CT molecular complexity index is 578. The lowest BCUT2D eigenvalue weighted by molar-refractivity contribution is 0.0600. The number of carbonyl (C=O) groups excluding carboxylic acids is 1. The fourth-order valence-corrected chi connectivity index (χ4v) is 2.10. The Morgan fingerprint density at radius 1 is 1.15 bits per heavy atom. The molecule has 0 spiro atoms. The predicted octanol–water partition coefficient (Wildman–Crippen LogP) is 3.37. The summed E-state index contributed by atoms with van der Waals surface area (Å²) in [6.45, 7) is 0. The highest BCUT2D eigenvalue weighted by Gasteiger charge is 2.09.